The van der Waals surface area contributed by atoms with Gasteiger partial charge in [-0.15, -0.1) is 0 Å². The predicted molar refractivity (Wildman–Crippen MR) is 101 cm³/mol. The number of nitrogens with zero attached hydrogens (tertiary/aromatic N) is 3. The lowest BCUT2D eigenvalue weighted by Crippen LogP contribution is -2.41. The van der Waals surface area contributed by atoms with Gasteiger partial charge in [0.05, 0.1) is 12.2 Å². The van der Waals surface area contributed by atoms with Gasteiger partial charge in [0.25, 0.3) is 0 Å². The molecule has 0 aliphatic heterocycles. The lowest BCUT2D eigenvalue weighted by atomic mass is 10.3. The van der Waals surface area contributed by atoms with E-state index in [-0.39, 0.29) is 12.5 Å². The highest BCUT2D eigenvalue weighted by Gasteiger charge is 2.04. The number of anilines is 1. The Hall–Kier alpha value is -2.83. The fourth-order valence-electron chi connectivity index (χ4n) is 2.45. The zero-order valence-corrected chi connectivity index (χ0v) is 15.0. The van der Waals surface area contributed by atoms with Crippen molar-refractivity contribution in [2.24, 2.45) is 4.99 Å². The summed E-state index contributed by atoms with van der Waals surface area (Å²) in [5.74, 6) is 0.494. The Labute approximate surface area is 148 Å². The Bertz CT molecular complexity index is 708. The minimum Gasteiger partial charge on any atom is -0.356 e. The molecule has 0 fully saturated rings. The standard InChI is InChI=1S/C18H26N6O/c1-14-12-15(2)24(23-14)11-7-10-20-18(19-3)21-13-17(25)22-16-8-5-4-6-9-16/h4-6,8-9,12H,7,10-11,13H2,1-3H3,(H,22,25)(H2,19,20,21). The van der Waals surface area contributed by atoms with E-state index >= 15 is 0 Å². The summed E-state index contributed by atoms with van der Waals surface area (Å²) in [4.78, 5) is 16.0. The van der Waals surface area contributed by atoms with Crippen molar-refractivity contribution in [2.45, 2.75) is 26.8 Å². The smallest absolute Gasteiger partial charge is 0.243 e. The lowest BCUT2D eigenvalue weighted by Gasteiger charge is -2.12. The number of hydrogen-bond acceptors (Lipinski definition) is 3. The number of aryl methyl sites for hydroxylation is 3. The number of rotatable bonds is 7. The molecule has 0 radical (unpaired) electrons. The molecule has 3 N–H and O–H groups in total. The molecule has 134 valence electrons. The van der Waals surface area contributed by atoms with E-state index in [2.05, 4.69) is 39.0 Å². The van der Waals surface area contributed by atoms with Crippen molar-refractivity contribution in [2.75, 3.05) is 25.5 Å². The van der Waals surface area contributed by atoms with Crippen LogP contribution in [-0.4, -0.2) is 41.8 Å². The molecule has 2 rings (SSSR count). The largest absolute Gasteiger partial charge is 0.356 e. The van der Waals surface area contributed by atoms with Gasteiger partial charge in [-0.25, -0.2) is 0 Å². The SMILES string of the molecule is CN=C(NCCCn1nc(C)cc1C)NCC(=O)Nc1ccccc1. The molecule has 0 saturated carbocycles. The summed E-state index contributed by atoms with van der Waals surface area (Å²) < 4.78 is 2.00. The van der Waals surface area contributed by atoms with Crippen LogP contribution in [0.2, 0.25) is 0 Å². The Morgan fingerprint density at radius 2 is 1.96 bits per heavy atom. The van der Waals surface area contributed by atoms with Crippen molar-refractivity contribution in [1.29, 1.82) is 0 Å². The second-order valence-corrected chi connectivity index (χ2v) is 5.77. The van der Waals surface area contributed by atoms with Crippen LogP contribution in [0.4, 0.5) is 5.69 Å². The van der Waals surface area contributed by atoms with Gasteiger partial charge in [0.2, 0.25) is 5.91 Å². The summed E-state index contributed by atoms with van der Waals surface area (Å²) in [6.07, 6.45) is 0.916. The van der Waals surface area contributed by atoms with Crippen molar-refractivity contribution >= 4 is 17.6 Å². The van der Waals surface area contributed by atoms with Gasteiger partial charge in [-0.2, -0.15) is 5.10 Å². The summed E-state index contributed by atoms with van der Waals surface area (Å²) in [5, 5.41) is 13.5. The van der Waals surface area contributed by atoms with E-state index < -0.39 is 0 Å². The number of hydrogen-bond donors (Lipinski definition) is 3. The molecule has 1 heterocycles. The summed E-state index contributed by atoms with van der Waals surface area (Å²) in [5.41, 5.74) is 2.98. The average molecular weight is 342 g/mol. The van der Waals surface area contributed by atoms with Gasteiger partial charge >= 0.3 is 0 Å². The highest BCUT2D eigenvalue weighted by molar-refractivity contribution is 5.94. The topological polar surface area (TPSA) is 83.3 Å². The highest BCUT2D eigenvalue weighted by atomic mass is 16.1. The third-order valence-electron chi connectivity index (χ3n) is 3.64. The van der Waals surface area contributed by atoms with Crippen LogP contribution in [0.1, 0.15) is 17.8 Å². The fraction of sp³-hybridized carbons (Fsp3) is 0.389. The maximum absolute atomic E-state index is 11.9. The molecule has 0 atom stereocenters. The summed E-state index contributed by atoms with van der Waals surface area (Å²) in [6.45, 7) is 5.80. The first-order valence-electron chi connectivity index (χ1n) is 8.39. The quantitative estimate of drug-likeness (QED) is 0.406. The Balaban J connectivity index is 1.66. The minimum absolute atomic E-state index is 0.114. The molecular formula is C18H26N6O. The van der Waals surface area contributed by atoms with Crippen LogP contribution in [0.15, 0.2) is 41.4 Å². The zero-order valence-electron chi connectivity index (χ0n) is 15.0. The number of carbonyl (C=O) groups is 1. The van der Waals surface area contributed by atoms with Crippen LogP contribution in [0.5, 0.6) is 0 Å². The fourth-order valence-corrected chi connectivity index (χ4v) is 2.45. The highest BCUT2D eigenvalue weighted by Crippen LogP contribution is 2.04. The van der Waals surface area contributed by atoms with E-state index in [0.717, 1.165) is 36.6 Å². The first-order valence-corrected chi connectivity index (χ1v) is 8.39. The monoisotopic (exact) mass is 342 g/mol. The molecule has 0 spiro atoms. The van der Waals surface area contributed by atoms with E-state index in [0.29, 0.717) is 5.96 Å². The molecule has 0 bridgehead atoms. The third kappa shape index (κ3) is 6.29. The number of aliphatic imine (C=N–C) groups is 1. The molecule has 0 unspecified atom stereocenters. The second kappa shape index (κ2) is 9.46. The van der Waals surface area contributed by atoms with Crippen LogP contribution in [-0.2, 0) is 11.3 Å². The first kappa shape index (κ1) is 18.5. The van der Waals surface area contributed by atoms with Gasteiger partial charge in [-0.3, -0.25) is 14.5 Å². The first-order chi connectivity index (χ1) is 12.1. The lowest BCUT2D eigenvalue weighted by molar-refractivity contribution is -0.115. The third-order valence-corrected chi connectivity index (χ3v) is 3.64. The van der Waals surface area contributed by atoms with Crippen molar-refractivity contribution in [3.05, 3.63) is 47.8 Å². The molecule has 25 heavy (non-hydrogen) atoms. The van der Waals surface area contributed by atoms with Crippen LogP contribution < -0.4 is 16.0 Å². The molecule has 1 aromatic carbocycles. The van der Waals surface area contributed by atoms with Crippen LogP contribution >= 0.6 is 0 Å². The van der Waals surface area contributed by atoms with Crippen molar-refractivity contribution in [3.63, 3.8) is 0 Å². The van der Waals surface area contributed by atoms with E-state index in [1.54, 1.807) is 7.05 Å². The van der Waals surface area contributed by atoms with E-state index in [9.17, 15) is 4.79 Å². The maximum Gasteiger partial charge on any atom is 0.243 e. The molecule has 1 aromatic heterocycles. The molecule has 0 saturated heterocycles. The van der Waals surface area contributed by atoms with E-state index in [1.807, 2.05) is 41.9 Å². The number of nitrogens with one attached hydrogen (secondary N) is 3. The molecule has 2 aromatic rings. The summed E-state index contributed by atoms with van der Waals surface area (Å²) >= 11 is 0. The average Bonchev–Trinajstić information content (AvgIpc) is 2.92. The zero-order chi connectivity index (χ0) is 18.1. The minimum atomic E-state index is -0.114. The van der Waals surface area contributed by atoms with Gasteiger partial charge < -0.3 is 16.0 Å². The normalized spacial score (nSPS) is 11.2. The summed E-state index contributed by atoms with van der Waals surface area (Å²) in [6, 6.07) is 11.4. The van der Waals surface area contributed by atoms with E-state index in [4.69, 9.17) is 0 Å². The number of carbonyl (C=O) groups excluding carboxylic acids is 1. The van der Waals surface area contributed by atoms with Crippen molar-refractivity contribution in [3.8, 4) is 0 Å². The molecular weight excluding hydrogens is 316 g/mol. The van der Waals surface area contributed by atoms with E-state index in [1.165, 1.54) is 0 Å². The Morgan fingerprint density at radius 1 is 1.20 bits per heavy atom. The van der Waals surface area contributed by atoms with Gasteiger partial charge in [0.15, 0.2) is 5.96 Å². The van der Waals surface area contributed by atoms with Crippen LogP contribution in [0.3, 0.4) is 0 Å². The van der Waals surface area contributed by atoms with Crippen LogP contribution in [0, 0.1) is 13.8 Å². The number of amides is 1. The van der Waals surface area contributed by atoms with Gasteiger partial charge in [-0.05, 0) is 38.5 Å². The number of benzene rings is 1. The summed E-state index contributed by atoms with van der Waals surface area (Å²) in [7, 11) is 1.69. The Morgan fingerprint density at radius 3 is 2.60 bits per heavy atom. The van der Waals surface area contributed by atoms with Crippen LogP contribution in [0.25, 0.3) is 0 Å². The van der Waals surface area contributed by atoms with Gasteiger partial charge in [0.1, 0.15) is 0 Å². The van der Waals surface area contributed by atoms with Gasteiger partial charge in [-0.1, -0.05) is 18.2 Å². The number of aromatic nitrogens is 2. The number of para-hydroxylation sites is 1. The molecule has 1 amide bonds. The van der Waals surface area contributed by atoms with Crippen molar-refractivity contribution < 1.29 is 4.79 Å². The molecule has 7 nitrogen and oxygen atoms in total. The van der Waals surface area contributed by atoms with Crippen molar-refractivity contribution in [1.82, 2.24) is 20.4 Å². The predicted octanol–water partition coefficient (Wildman–Crippen LogP) is 1.69. The molecule has 0 aliphatic rings. The second-order valence-electron chi connectivity index (χ2n) is 5.77. The Kier molecular flexibility index (Phi) is 7.00. The van der Waals surface area contributed by atoms with Gasteiger partial charge in [0, 0.05) is 31.5 Å². The number of guanidine groups is 1. The molecule has 0 aliphatic carbocycles. The maximum atomic E-state index is 11.9. The molecule has 7 heteroatoms.